The van der Waals surface area contributed by atoms with Crippen molar-refractivity contribution < 1.29 is 0 Å². The normalized spacial score (nSPS) is 20.7. The fourth-order valence-electron chi connectivity index (χ4n) is 3.15. The van der Waals surface area contributed by atoms with Crippen LogP contribution in [0.3, 0.4) is 0 Å². The molecule has 0 aliphatic heterocycles. The summed E-state index contributed by atoms with van der Waals surface area (Å²) < 4.78 is 1.83. The summed E-state index contributed by atoms with van der Waals surface area (Å²) in [6.45, 7) is 12.3. The molecule has 1 saturated carbocycles. The van der Waals surface area contributed by atoms with Crippen LogP contribution in [0.4, 0.5) is 5.95 Å². The first-order valence-corrected chi connectivity index (χ1v) is 6.90. The van der Waals surface area contributed by atoms with Crippen LogP contribution in [0.2, 0.25) is 0 Å². The molecular formula is C15H22N4. The number of pyridine rings is 1. The van der Waals surface area contributed by atoms with Crippen molar-refractivity contribution in [3.63, 3.8) is 0 Å². The van der Waals surface area contributed by atoms with Crippen LogP contribution in [0, 0.1) is 23.7 Å². The first kappa shape index (κ1) is 12.5. The third-order valence-corrected chi connectivity index (χ3v) is 5.34. The molecule has 0 amide bonds. The lowest BCUT2D eigenvalue weighted by atomic mass is 10.0. The van der Waals surface area contributed by atoms with E-state index in [2.05, 4.69) is 56.1 Å². The smallest absolute Gasteiger partial charge is 0.243 e. The Hall–Kier alpha value is -1.58. The Labute approximate surface area is 114 Å². The summed E-state index contributed by atoms with van der Waals surface area (Å²) in [5.74, 6) is 1.40. The molecular weight excluding hydrogens is 236 g/mol. The molecule has 19 heavy (non-hydrogen) atoms. The molecule has 0 unspecified atom stereocenters. The number of rotatable bonds is 3. The summed E-state index contributed by atoms with van der Waals surface area (Å²) in [6.07, 6.45) is 1.94. The number of fused-ring (bicyclic) bond motifs is 1. The second-order valence-corrected chi connectivity index (χ2v) is 6.77. The molecule has 0 atom stereocenters. The average molecular weight is 258 g/mol. The van der Waals surface area contributed by atoms with Gasteiger partial charge in [0.1, 0.15) is 0 Å². The highest BCUT2D eigenvalue weighted by Gasteiger charge is 2.64. The van der Waals surface area contributed by atoms with Crippen LogP contribution < -0.4 is 5.32 Å². The summed E-state index contributed by atoms with van der Waals surface area (Å²) >= 11 is 0. The second kappa shape index (κ2) is 3.71. The van der Waals surface area contributed by atoms with E-state index in [1.807, 2.05) is 16.8 Å². The number of anilines is 1. The van der Waals surface area contributed by atoms with Crippen molar-refractivity contribution in [3.8, 4) is 0 Å². The summed E-state index contributed by atoms with van der Waals surface area (Å²) in [6, 6.07) is 4.05. The molecule has 1 aliphatic carbocycles. The monoisotopic (exact) mass is 258 g/mol. The van der Waals surface area contributed by atoms with Crippen LogP contribution >= 0.6 is 0 Å². The predicted molar refractivity (Wildman–Crippen MR) is 77.3 cm³/mol. The molecule has 2 aromatic heterocycles. The van der Waals surface area contributed by atoms with Gasteiger partial charge in [-0.2, -0.15) is 4.98 Å². The molecule has 0 bridgehead atoms. The number of nitrogens with one attached hydrogen (secondary N) is 1. The Balaban J connectivity index is 1.75. The molecule has 1 fully saturated rings. The van der Waals surface area contributed by atoms with E-state index in [-0.39, 0.29) is 0 Å². The number of aryl methyl sites for hydroxylation is 1. The number of nitrogens with zero attached hydrogens (tertiary/aromatic N) is 3. The SMILES string of the molecule is Cc1cccn2nc(NCC3C(C)(C)C3(C)C)nc12. The average Bonchev–Trinajstić information content (AvgIpc) is 2.66. The summed E-state index contributed by atoms with van der Waals surface area (Å²) in [5, 5.41) is 7.85. The lowest BCUT2D eigenvalue weighted by Crippen LogP contribution is -2.09. The van der Waals surface area contributed by atoms with Crippen LogP contribution in [0.1, 0.15) is 33.3 Å². The van der Waals surface area contributed by atoms with E-state index in [1.165, 1.54) is 0 Å². The highest BCUT2D eigenvalue weighted by Crippen LogP contribution is 2.68. The number of hydrogen-bond donors (Lipinski definition) is 1. The zero-order valence-electron chi connectivity index (χ0n) is 12.4. The quantitative estimate of drug-likeness (QED) is 0.919. The topological polar surface area (TPSA) is 42.2 Å². The van der Waals surface area contributed by atoms with Crippen molar-refractivity contribution in [3.05, 3.63) is 23.9 Å². The Morgan fingerprint density at radius 2 is 1.95 bits per heavy atom. The zero-order chi connectivity index (χ0) is 13.8. The van der Waals surface area contributed by atoms with E-state index in [0.717, 1.165) is 23.7 Å². The van der Waals surface area contributed by atoms with Crippen LogP contribution in [0.5, 0.6) is 0 Å². The van der Waals surface area contributed by atoms with Crippen molar-refractivity contribution in [2.24, 2.45) is 16.7 Å². The fourth-order valence-corrected chi connectivity index (χ4v) is 3.15. The predicted octanol–water partition coefficient (Wildman–Crippen LogP) is 3.13. The van der Waals surface area contributed by atoms with E-state index in [0.29, 0.717) is 16.7 Å². The van der Waals surface area contributed by atoms with Gasteiger partial charge < -0.3 is 5.32 Å². The van der Waals surface area contributed by atoms with Gasteiger partial charge in [-0.1, -0.05) is 33.8 Å². The van der Waals surface area contributed by atoms with Gasteiger partial charge in [-0.3, -0.25) is 0 Å². The molecule has 102 valence electrons. The molecule has 2 aromatic rings. The zero-order valence-corrected chi connectivity index (χ0v) is 12.4. The van der Waals surface area contributed by atoms with Gasteiger partial charge in [0.05, 0.1) is 0 Å². The Morgan fingerprint density at radius 3 is 2.53 bits per heavy atom. The Morgan fingerprint density at radius 1 is 1.26 bits per heavy atom. The first-order valence-electron chi connectivity index (χ1n) is 6.90. The molecule has 1 N–H and O–H groups in total. The van der Waals surface area contributed by atoms with Crippen LogP contribution in [-0.2, 0) is 0 Å². The van der Waals surface area contributed by atoms with Gasteiger partial charge in [0.25, 0.3) is 0 Å². The largest absolute Gasteiger partial charge is 0.353 e. The molecule has 0 saturated heterocycles. The number of hydrogen-bond acceptors (Lipinski definition) is 3. The van der Waals surface area contributed by atoms with E-state index in [4.69, 9.17) is 0 Å². The maximum Gasteiger partial charge on any atom is 0.243 e. The van der Waals surface area contributed by atoms with Gasteiger partial charge in [-0.15, -0.1) is 5.10 Å². The molecule has 0 aromatic carbocycles. The van der Waals surface area contributed by atoms with E-state index >= 15 is 0 Å². The Bertz CT molecular complexity index is 610. The molecule has 0 spiro atoms. The molecule has 3 rings (SSSR count). The third kappa shape index (κ3) is 1.73. The van der Waals surface area contributed by atoms with E-state index < -0.39 is 0 Å². The van der Waals surface area contributed by atoms with Gasteiger partial charge in [-0.25, -0.2) is 4.52 Å². The molecule has 4 nitrogen and oxygen atoms in total. The minimum absolute atomic E-state index is 0.398. The van der Waals surface area contributed by atoms with Crippen molar-refractivity contribution in [1.82, 2.24) is 14.6 Å². The maximum absolute atomic E-state index is 4.55. The van der Waals surface area contributed by atoms with Crippen molar-refractivity contribution in [1.29, 1.82) is 0 Å². The second-order valence-electron chi connectivity index (χ2n) is 6.77. The summed E-state index contributed by atoms with van der Waals surface area (Å²) in [5.41, 5.74) is 2.87. The van der Waals surface area contributed by atoms with E-state index in [9.17, 15) is 0 Å². The third-order valence-electron chi connectivity index (χ3n) is 5.34. The minimum Gasteiger partial charge on any atom is -0.353 e. The lowest BCUT2D eigenvalue weighted by molar-refractivity contribution is 0.457. The van der Waals surface area contributed by atoms with Gasteiger partial charge >= 0.3 is 0 Å². The molecule has 0 radical (unpaired) electrons. The lowest BCUT2D eigenvalue weighted by Gasteiger charge is -2.04. The highest BCUT2D eigenvalue weighted by molar-refractivity contribution is 5.49. The van der Waals surface area contributed by atoms with E-state index in [1.54, 1.807) is 0 Å². The Kier molecular flexibility index (Phi) is 2.43. The summed E-state index contributed by atoms with van der Waals surface area (Å²) in [4.78, 5) is 4.55. The van der Waals surface area contributed by atoms with Crippen molar-refractivity contribution in [2.75, 3.05) is 11.9 Å². The standard InChI is InChI=1S/C15H22N4/c1-10-7-6-8-19-12(10)17-13(18-19)16-9-11-14(2,3)15(11,4)5/h6-8,11H,9H2,1-5H3,(H,16,18). The molecule has 4 heteroatoms. The summed E-state index contributed by atoms with van der Waals surface area (Å²) in [7, 11) is 0. The van der Waals surface area contributed by atoms with Crippen LogP contribution in [0.15, 0.2) is 18.3 Å². The van der Waals surface area contributed by atoms with Gasteiger partial charge in [-0.05, 0) is 35.3 Å². The maximum atomic E-state index is 4.55. The fraction of sp³-hybridized carbons (Fsp3) is 0.600. The number of aromatic nitrogens is 3. The molecule has 1 aliphatic rings. The van der Waals surface area contributed by atoms with Crippen LogP contribution in [0.25, 0.3) is 5.65 Å². The van der Waals surface area contributed by atoms with Crippen LogP contribution in [-0.4, -0.2) is 21.1 Å². The minimum atomic E-state index is 0.398. The van der Waals surface area contributed by atoms with Crippen molar-refractivity contribution in [2.45, 2.75) is 34.6 Å². The van der Waals surface area contributed by atoms with Gasteiger partial charge in [0.2, 0.25) is 5.95 Å². The highest BCUT2D eigenvalue weighted by atomic mass is 15.3. The first-order chi connectivity index (χ1) is 8.84. The van der Waals surface area contributed by atoms with Gasteiger partial charge in [0, 0.05) is 12.7 Å². The molecule has 2 heterocycles. The van der Waals surface area contributed by atoms with Crippen molar-refractivity contribution >= 4 is 11.6 Å². The van der Waals surface area contributed by atoms with Gasteiger partial charge in [0.15, 0.2) is 5.65 Å².